The predicted molar refractivity (Wildman–Crippen MR) is 70.4 cm³/mol. The van der Waals surface area contributed by atoms with E-state index in [-0.39, 0.29) is 12.3 Å². The molecule has 110 valence electrons. The molecule has 1 heterocycles. The van der Waals surface area contributed by atoms with Crippen LogP contribution in [0.3, 0.4) is 0 Å². The molecule has 1 aromatic carbocycles. The molecule has 0 N–H and O–H groups in total. The van der Waals surface area contributed by atoms with Crippen LogP contribution in [0, 0.1) is 5.82 Å². The molecule has 0 atom stereocenters. The zero-order chi connectivity index (χ0) is 15.2. The highest BCUT2D eigenvalue weighted by Gasteiger charge is 2.14. The van der Waals surface area contributed by atoms with Crippen molar-refractivity contribution in [2.24, 2.45) is 0 Å². The van der Waals surface area contributed by atoms with Gasteiger partial charge < -0.3 is 9.47 Å². The van der Waals surface area contributed by atoms with Crippen LogP contribution in [0.5, 0.6) is 0 Å². The van der Waals surface area contributed by atoms with Crippen molar-refractivity contribution in [1.29, 1.82) is 0 Å². The quantitative estimate of drug-likeness (QED) is 0.785. The van der Waals surface area contributed by atoms with E-state index in [0.717, 1.165) is 0 Å². The molecule has 0 aliphatic carbocycles. The van der Waals surface area contributed by atoms with Crippen LogP contribution in [0.1, 0.15) is 17.4 Å². The summed E-state index contributed by atoms with van der Waals surface area (Å²) in [5, 5.41) is 3.97. The number of ether oxygens (including phenoxy) is 2. The third kappa shape index (κ3) is 3.88. The zero-order valence-corrected chi connectivity index (χ0v) is 11.3. The Labute approximate surface area is 120 Å². The number of hydrogen-bond acceptors (Lipinski definition) is 5. The average molecular weight is 292 g/mol. The molecule has 0 fully saturated rings. The highest BCUT2D eigenvalue weighted by atomic mass is 19.1. The number of benzene rings is 1. The van der Waals surface area contributed by atoms with E-state index < -0.39 is 24.4 Å². The molecular weight excluding hydrogens is 279 g/mol. The van der Waals surface area contributed by atoms with E-state index in [1.165, 1.54) is 35.1 Å². The van der Waals surface area contributed by atoms with Gasteiger partial charge in [-0.15, -0.1) is 0 Å². The lowest BCUT2D eigenvalue weighted by Gasteiger charge is -2.03. The summed E-state index contributed by atoms with van der Waals surface area (Å²) in [5.41, 5.74) is 0.489. The van der Waals surface area contributed by atoms with Gasteiger partial charge in [-0.3, -0.25) is 0 Å². The van der Waals surface area contributed by atoms with Gasteiger partial charge in [0.2, 0.25) is 0 Å². The second-order valence-corrected chi connectivity index (χ2v) is 4.01. The van der Waals surface area contributed by atoms with Crippen molar-refractivity contribution in [1.82, 2.24) is 9.78 Å². The topological polar surface area (TPSA) is 70.4 Å². The van der Waals surface area contributed by atoms with Crippen LogP contribution in [0.25, 0.3) is 5.69 Å². The van der Waals surface area contributed by atoms with Crippen LogP contribution in [-0.2, 0) is 14.3 Å². The van der Waals surface area contributed by atoms with Crippen LogP contribution in [0.15, 0.2) is 36.5 Å². The first kappa shape index (κ1) is 14.7. The van der Waals surface area contributed by atoms with Crippen molar-refractivity contribution in [2.75, 3.05) is 13.2 Å². The zero-order valence-electron chi connectivity index (χ0n) is 11.3. The minimum absolute atomic E-state index is 0.0172. The number of carbonyl (C=O) groups excluding carboxylic acids is 2. The number of esters is 2. The fourth-order valence-corrected chi connectivity index (χ4v) is 1.60. The smallest absolute Gasteiger partial charge is 0.359 e. The lowest BCUT2D eigenvalue weighted by Crippen LogP contribution is -2.17. The summed E-state index contributed by atoms with van der Waals surface area (Å²) in [6.07, 6.45) is 1.50. The molecule has 2 rings (SSSR count). The summed E-state index contributed by atoms with van der Waals surface area (Å²) in [4.78, 5) is 22.8. The third-order valence-electron chi connectivity index (χ3n) is 2.50. The van der Waals surface area contributed by atoms with Gasteiger partial charge in [-0.1, -0.05) is 6.07 Å². The molecule has 6 nitrogen and oxygen atoms in total. The molecular formula is C14H13FN2O4. The van der Waals surface area contributed by atoms with E-state index in [9.17, 15) is 14.0 Å². The number of carbonyl (C=O) groups is 2. The predicted octanol–water partition coefficient (Wildman–Crippen LogP) is 1.73. The highest BCUT2D eigenvalue weighted by molar-refractivity contribution is 5.88. The molecule has 0 saturated carbocycles. The summed E-state index contributed by atoms with van der Waals surface area (Å²) < 4.78 is 23.8. The lowest BCUT2D eigenvalue weighted by atomic mass is 10.3. The van der Waals surface area contributed by atoms with Gasteiger partial charge in [-0.25, -0.2) is 18.7 Å². The Morgan fingerprint density at radius 1 is 1.29 bits per heavy atom. The van der Waals surface area contributed by atoms with E-state index in [4.69, 9.17) is 4.74 Å². The van der Waals surface area contributed by atoms with Gasteiger partial charge in [-0.2, -0.15) is 5.10 Å². The number of rotatable bonds is 5. The molecule has 0 aliphatic heterocycles. The van der Waals surface area contributed by atoms with Gasteiger partial charge in [0, 0.05) is 6.20 Å². The van der Waals surface area contributed by atoms with Gasteiger partial charge in [0.15, 0.2) is 12.3 Å². The first-order chi connectivity index (χ1) is 10.1. The number of halogens is 1. The van der Waals surface area contributed by atoms with Crippen LogP contribution >= 0.6 is 0 Å². The van der Waals surface area contributed by atoms with Crippen molar-refractivity contribution in [3.63, 3.8) is 0 Å². The van der Waals surface area contributed by atoms with Gasteiger partial charge in [0.1, 0.15) is 5.82 Å². The fourth-order valence-electron chi connectivity index (χ4n) is 1.60. The Kier molecular flexibility index (Phi) is 4.65. The largest absolute Gasteiger partial charge is 0.463 e. The highest BCUT2D eigenvalue weighted by Crippen LogP contribution is 2.10. The van der Waals surface area contributed by atoms with Crippen molar-refractivity contribution < 1.29 is 23.5 Å². The Morgan fingerprint density at radius 2 is 2.10 bits per heavy atom. The minimum Gasteiger partial charge on any atom is -0.463 e. The summed E-state index contributed by atoms with van der Waals surface area (Å²) in [6.45, 7) is 1.39. The molecule has 0 bridgehead atoms. The molecule has 0 aliphatic rings. The molecule has 0 amide bonds. The summed E-state index contributed by atoms with van der Waals surface area (Å²) in [5.74, 6) is -1.79. The van der Waals surface area contributed by atoms with Crippen LogP contribution in [-0.4, -0.2) is 34.9 Å². The molecule has 1 aromatic heterocycles. The lowest BCUT2D eigenvalue weighted by molar-refractivity contribution is -0.146. The molecule has 0 unspecified atom stereocenters. The summed E-state index contributed by atoms with van der Waals surface area (Å²) >= 11 is 0. The van der Waals surface area contributed by atoms with Gasteiger partial charge in [0.25, 0.3) is 0 Å². The van der Waals surface area contributed by atoms with E-state index in [0.29, 0.717) is 5.69 Å². The number of nitrogens with zero attached hydrogens (tertiary/aromatic N) is 2. The van der Waals surface area contributed by atoms with E-state index >= 15 is 0 Å². The Hall–Kier alpha value is -2.70. The second kappa shape index (κ2) is 6.65. The standard InChI is InChI=1S/C14H13FN2O4/c1-2-20-13(18)9-21-14(19)12-6-7-17(16-12)11-5-3-4-10(15)8-11/h3-8H,2,9H2,1H3. The molecule has 2 aromatic rings. The Balaban J connectivity index is 2.02. The normalized spacial score (nSPS) is 10.2. The third-order valence-corrected chi connectivity index (χ3v) is 2.50. The van der Waals surface area contributed by atoms with Crippen molar-refractivity contribution in [3.8, 4) is 5.69 Å². The molecule has 0 saturated heterocycles. The maximum absolute atomic E-state index is 13.1. The molecule has 0 radical (unpaired) electrons. The van der Waals surface area contributed by atoms with Crippen molar-refractivity contribution >= 4 is 11.9 Å². The van der Waals surface area contributed by atoms with Crippen LogP contribution < -0.4 is 0 Å². The first-order valence-electron chi connectivity index (χ1n) is 6.24. The average Bonchev–Trinajstić information content (AvgIpc) is 2.95. The minimum atomic E-state index is -0.752. The fraction of sp³-hybridized carbons (Fsp3) is 0.214. The summed E-state index contributed by atoms with van der Waals surface area (Å²) in [6, 6.07) is 7.18. The van der Waals surface area contributed by atoms with Gasteiger partial charge >= 0.3 is 11.9 Å². The molecule has 0 spiro atoms. The maximum atomic E-state index is 13.1. The van der Waals surface area contributed by atoms with Crippen molar-refractivity contribution in [2.45, 2.75) is 6.92 Å². The SMILES string of the molecule is CCOC(=O)COC(=O)c1ccn(-c2cccc(F)c2)n1. The first-order valence-corrected chi connectivity index (χ1v) is 6.24. The van der Waals surface area contributed by atoms with Crippen molar-refractivity contribution in [3.05, 3.63) is 48.0 Å². The molecule has 21 heavy (non-hydrogen) atoms. The number of hydrogen-bond donors (Lipinski definition) is 0. The molecule has 7 heteroatoms. The number of aromatic nitrogens is 2. The summed E-state index contributed by atoms with van der Waals surface area (Å²) in [7, 11) is 0. The van der Waals surface area contributed by atoms with Crippen LogP contribution in [0.2, 0.25) is 0 Å². The van der Waals surface area contributed by atoms with E-state index in [1.807, 2.05) is 0 Å². The second-order valence-electron chi connectivity index (χ2n) is 4.01. The van der Waals surface area contributed by atoms with Gasteiger partial charge in [0.05, 0.1) is 12.3 Å². The van der Waals surface area contributed by atoms with E-state index in [2.05, 4.69) is 9.84 Å². The van der Waals surface area contributed by atoms with Gasteiger partial charge in [-0.05, 0) is 31.2 Å². The van der Waals surface area contributed by atoms with E-state index in [1.54, 1.807) is 13.0 Å². The Bertz CT molecular complexity index is 654. The van der Waals surface area contributed by atoms with Crippen LogP contribution in [0.4, 0.5) is 4.39 Å². The monoisotopic (exact) mass is 292 g/mol. The Morgan fingerprint density at radius 3 is 2.81 bits per heavy atom. The maximum Gasteiger partial charge on any atom is 0.359 e.